The molecule has 3 heteroatoms. The topological polar surface area (TPSA) is 47.3 Å². The highest BCUT2D eigenvalue weighted by Gasteiger charge is 2.18. The predicted octanol–water partition coefficient (Wildman–Crippen LogP) is 2.82. The van der Waals surface area contributed by atoms with Gasteiger partial charge in [0.05, 0.1) is 7.11 Å². The predicted molar refractivity (Wildman–Crippen MR) is 81.7 cm³/mol. The van der Waals surface area contributed by atoms with Crippen LogP contribution in [0.5, 0.6) is 5.75 Å². The molecule has 1 aromatic rings. The van der Waals surface area contributed by atoms with Crippen LogP contribution in [-0.4, -0.2) is 19.2 Å². The van der Waals surface area contributed by atoms with Crippen molar-refractivity contribution >= 4 is 0 Å². The number of hydrogen-bond donors (Lipinski definition) is 2. The van der Waals surface area contributed by atoms with Crippen molar-refractivity contribution in [3.8, 4) is 5.75 Å². The van der Waals surface area contributed by atoms with Crippen molar-refractivity contribution < 1.29 is 4.74 Å². The molecule has 0 aliphatic carbocycles. The van der Waals surface area contributed by atoms with Gasteiger partial charge in [-0.15, -0.1) is 0 Å². The summed E-state index contributed by atoms with van der Waals surface area (Å²) in [5, 5.41) is 3.47. The third-order valence-corrected chi connectivity index (χ3v) is 3.41. The van der Waals surface area contributed by atoms with Crippen LogP contribution < -0.4 is 15.8 Å². The van der Waals surface area contributed by atoms with Crippen LogP contribution in [0.1, 0.15) is 45.7 Å². The van der Waals surface area contributed by atoms with E-state index in [2.05, 4.69) is 52.1 Å². The van der Waals surface area contributed by atoms with Gasteiger partial charge in [0.25, 0.3) is 0 Å². The van der Waals surface area contributed by atoms with E-state index >= 15 is 0 Å². The number of nitrogens with two attached hydrogens (primary N) is 1. The average Bonchev–Trinajstić information content (AvgIpc) is 2.35. The van der Waals surface area contributed by atoms with E-state index in [1.807, 2.05) is 6.07 Å². The monoisotopic (exact) mass is 264 g/mol. The molecule has 0 amide bonds. The van der Waals surface area contributed by atoms with Gasteiger partial charge in [0.2, 0.25) is 0 Å². The van der Waals surface area contributed by atoms with E-state index in [9.17, 15) is 0 Å². The number of ether oxygens (including phenoxy) is 1. The lowest BCUT2D eigenvalue weighted by Gasteiger charge is -2.26. The lowest BCUT2D eigenvalue weighted by molar-refractivity contribution is 0.379. The summed E-state index contributed by atoms with van der Waals surface area (Å²) in [6.07, 6.45) is 0. The quantitative estimate of drug-likeness (QED) is 0.859. The number of hydrogen-bond acceptors (Lipinski definition) is 3. The van der Waals surface area contributed by atoms with Crippen LogP contribution in [0.25, 0.3) is 0 Å². The minimum atomic E-state index is -0.0667. The Bertz CT molecular complexity index is 419. The molecule has 0 spiro atoms. The molecule has 0 bridgehead atoms. The zero-order valence-electron chi connectivity index (χ0n) is 13.1. The molecule has 3 N–H and O–H groups in total. The van der Waals surface area contributed by atoms with Gasteiger partial charge in [-0.1, -0.05) is 32.9 Å². The highest BCUT2D eigenvalue weighted by molar-refractivity contribution is 5.39. The van der Waals surface area contributed by atoms with Gasteiger partial charge < -0.3 is 15.8 Å². The summed E-state index contributed by atoms with van der Waals surface area (Å²) in [5.41, 5.74) is 8.32. The van der Waals surface area contributed by atoms with Gasteiger partial charge in [0, 0.05) is 24.2 Å². The van der Waals surface area contributed by atoms with Gasteiger partial charge in [0.1, 0.15) is 5.75 Å². The fourth-order valence-electron chi connectivity index (χ4n) is 1.79. The fourth-order valence-corrected chi connectivity index (χ4v) is 1.79. The highest BCUT2D eigenvalue weighted by Crippen LogP contribution is 2.28. The normalized spacial score (nSPS) is 12.6. The van der Waals surface area contributed by atoms with Crippen molar-refractivity contribution in [1.29, 1.82) is 0 Å². The highest BCUT2D eigenvalue weighted by atomic mass is 16.5. The summed E-state index contributed by atoms with van der Waals surface area (Å²) in [6, 6.07) is 6.40. The summed E-state index contributed by atoms with van der Waals surface area (Å²) < 4.78 is 5.44. The Morgan fingerprint density at radius 3 is 2.26 bits per heavy atom. The maximum Gasteiger partial charge on any atom is 0.123 e. The van der Waals surface area contributed by atoms with E-state index in [0.29, 0.717) is 6.54 Å². The van der Waals surface area contributed by atoms with Crippen molar-refractivity contribution in [2.75, 3.05) is 13.7 Å². The summed E-state index contributed by atoms with van der Waals surface area (Å²) >= 11 is 0. The Labute approximate surface area is 117 Å². The molecule has 0 aromatic heterocycles. The molecular weight excluding hydrogens is 236 g/mol. The minimum Gasteiger partial charge on any atom is -0.496 e. The molecule has 3 nitrogen and oxygen atoms in total. The SMILES string of the molecule is COc1ccc(C(C)(C)C)cc1CNC(C)(C)CN. The average molecular weight is 264 g/mol. The van der Waals surface area contributed by atoms with Crippen molar-refractivity contribution in [3.63, 3.8) is 0 Å². The van der Waals surface area contributed by atoms with Crippen LogP contribution in [0.15, 0.2) is 18.2 Å². The van der Waals surface area contributed by atoms with Crippen LogP contribution in [0.2, 0.25) is 0 Å². The van der Waals surface area contributed by atoms with Crippen molar-refractivity contribution in [2.45, 2.75) is 52.1 Å². The van der Waals surface area contributed by atoms with Gasteiger partial charge in [-0.05, 0) is 30.9 Å². The lowest BCUT2D eigenvalue weighted by atomic mass is 9.86. The molecule has 1 aromatic carbocycles. The molecule has 0 saturated carbocycles. The van der Waals surface area contributed by atoms with Crippen LogP contribution in [0, 0.1) is 0 Å². The molecule has 0 atom stereocenters. The zero-order valence-corrected chi connectivity index (χ0v) is 13.1. The molecule has 0 fully saturated rings. The Hall–Kier alpha value is -1.06. The second-order valence-electron chi connectivity index (χ2n) is 6.72. The Kier molecular flexibility index (Phi) is 4.99. The largest absolute Gasteiger partial charge is 0.496 e. The zero-order chi connectivity index (χ0) is 14.7. The lowest BCUT2D eigenvalue weighted by Crippen LogP contribution is -2.45. The molecular formula is C16H28N2O. The van der Waals surface area contributed by atoms with E-state index in [4.69, 9.17) is 10.5 Å². The van der Waals surface area contributed by atoms with E-state index < -0.39 is 0 Å². The molecule has 0 radical (unpaired) electrons. The van der Waals surface area contributed by atoms with E-state index in [-0.39, 0.29) is 11.0 Å². The number of methoxy groups -OCH3 is 1. The van der Waals surface area contributed by atoms with Gasteiger partial charge in [0.15, 0.2) is 0 Å². The van der Waals surface area contributed by atoms with E-state index in [1.54, 1.807) is 7.11 Å². The number of benzene rings is 1. The third kappa shape index (κ3) is 4.51. The standard InChI is InChI=1S/C16H28N2O/c1-15(2,3)13-7-8-14(19-6)12(9-13)10-18-16(4,5)11-17/h7-9,18H,10-11,17H2,1-6H3. The molecule has 0 unspecified atom stereocenters. The Morgan fingerprint density at radius 1 is 1.16 bits per heavy atom. The first-order chi connectivity index (χ1) is 8.69. The second kappa shape index (κ2) is 5.93. The third-order valence-electron chi connectivity index (χ3n) is 3.41. The van der Waals surface area contributed by atoms with Crippen molar-refractivity contribution in [3.05, 3.63) is 29.3 Å². The molecule has 108 valence electrons. The van der Waals surface area contributed by atoms with E-state index in [0.717, 1.165) is 12.3 Å². The first-order valence-corrected chi connectivity index (χ1v) is 6.82. The second-order valence-corrected chi connectivity index (χ2v) is 6.72. The maximum atomic E-state index is 5.75. The Balaban J connectivity index is 2.97. The summed E-state index contributed by atoms with van der Waals surface area (Å²) in [6.45, 7) is 12.2. The van der Waals surface area contributed by atoms with Crippen LogP contribution >= 0.6 is 0 Å². The summed E-state index contributed by atoms with van der Waals surface area (Å²) in [4.78, 5) is 0. The smallest absolute Gasteiger partial charge is 0.123 e. The molecule has 1 rings (SSSR count). The van der Waals surface area contributed by atoms with Crippen LogP contribution in [0.3, 0.4) is 0 Å². The maximum absolute atomic E-state index is 5.75. The van der Waals surface area contributed by atoms with Gasteiger partial charge in [-0.2, -0.15) is 0 Å². The molecule has 0 aliphatic heterocycles. The van der Waals surface area contributed by atoms with Gasteiger partial charge >= 0.3 is 0 Å². The van der Waals surface area contributed by atoms with Gasteiger partial charge in [-0.25, -0.2) is 0 Å². The first kappa shape index (κ1) is 16.0. The number of nitrogens with one attached hydrogen (secondary N) is 1. The first-order valence-electron chi connectivity index (χ1n) is 6.82. The van der Waals surface area contributed by atoms with Crippen LogP contribution in [-0.2, 0) is 12.0 Å². The molecule has 0 heterocycles. The van der Waals surface area contributed by atoms with Crippen LogP contribution in [0.4, 0.5) is 0 Å². The van der Waals surface area contributed by atoms with Crippen molar-refractivity contribution in [2.24, 2.45) is 5.73 Å². The molecule has 0 aliphatic rings. The molecule has 0 saturated heterocycles. The summed E-state index contributed by atoms with van der Waals surface area (Å²) in [5.74, 6) is 0.924. The number of rotatable bonds is 5. The Morgan fingerprint density at radius 2 is 1.79 bits per heavy atom. The van der Waals surface area contributed by atoms with Gasteiger partial charge in [-0.3, -0.25) is 0 Å². The molecule has 19 heavy (non-hydrogen) atoms. The van der Waals surface area contributed by atoms with E-state index in [1.165, 1.54) is 11.1 Å². The fraction of sp³-hybridized carbons (Fsp3) is 0.625. The minimum absolute atomic E-state index is 0.0667. The van der Waals surface area contributed by atoms with Crippen molar-refractivity contribution in [1.82, 2.24) is 5.32 Å². The summed E-state index contributed by atoms with van der Waals surface area (Å²) in [7, 11) is 1.71.